The van der Waals surface area contributed by atoms with Crippen LogP contribution in [0.5, 0.6) is 0 Å². The fraction of sp³-hybridized carbons (Fsp3) is 0.241. The van der Waals surface area contributed by atoms with Crippen molar-refractivity contribution in [3.8, 4) is 17.5 Å². The summed E-state index contributed by atoms with van der Waals surface area (Å²) in [6.45, 7) is 7.80. The molecule has 1 N–H and O–H groups in total. The first kappa shape index (κ1) is 26.6. The monoisotopic (exact) mass is 517 g/mol. The van der Waals surface area contributed by atoms with Gasteiger partial charge in [-0.3, -0.25) is 4.79 Å². The van der Waals surface area contributed by atoms with Crippen molar-refractivity contribution in [3.05, 3.63) is 100 Å². The molecule has 9 heteroatoms. The molecule has 0 aliphatic rings. The molecular weight excluding hydrogens is 491 g/mol. The Balaban J connectivity index is 1.58. The molecule has 0 spiro atoms. The lowest BCUT2D eigenvalue weighted by Gasteiger charge is -2.14. The first-order chi connectivity index (χ1) is 18.0. The van der Waals surface area contributed by atoms with Gasteiger partial charge in [-0.2, -0.15) is 18.3 Å². The van der Waals surface area contributed by atoms with E-state index in [2.05, 4.69) is 46.2 Å². The number of benzene rings is 2. The van der Waals surface area contributed by atoms with Crippen molar-refractivity contribution >= 4 is 11.6 Å². The number of hydrogen-bond donors (Lipinski definition) is 1. The predicted molar refractivity (Wildman–Crippen MR) is 139 cm³/mol. The van der Waals surface area contributed by atoms with Gasteiger partial charge in [-0.1, -0.05) is 25.8 Å². The summed E-state index contributed by atoms with van der Waals surface area (Å²) in [5.41, 5.74) is 3.10. The first-order valence-electron chi connectivity index (χ1n) is 12.0. The average Bonchev–Trinajstić information content (AvgIpc) is 3.29. The smallest absolute Gasteiger partial charge is 0.322 e. The Kier molecular flexibility index (Phi) is 7.62. The van der Waals surface area contributed by atoms with Crippen LogP contribution in [0.3, 0.4) is 0 Å². The van der Waals surface area contributed by atoms with Crippen LogP contribution in [0.15, 0.2) is 61.1 Å². The number of imidazole rings is 1. The summed E-state index contributed by atoms with van der Waals surface area (Å²) < 4.78 is 42.2. The van der Waals surface area contributed by atoms with Crippen LogP contribution in [0.25, 0.3) is 5.69 Å². The Morgan fingerprint density at radius 3 is 2.45 bits per heavy atom. The number of nitrogens with zero attached hydrogens (tertiary/aromatic N) is 4. The van der Waals surface area contributed by atoms with E-state index in [0.29, 0.717) is 22.9 Å². The molecular formula is C29H26F3N5O. The number of hydrogen-bond acceptors (Lipinski definition) is 4. The maximum absolute atomic E-state index is 13.6. The van der Waals surface area contributed by atoms with Gasteiger partial charge in [0.15, 0.2) is 0 Å². The second-order valence-electron chi connectivity index (χ2n) is 9.43. The zero-order chi connectivity index (χ0) is 27.4. The lowest BCUT2D eigenvalue weighted by molar-refractivity contribution is -0.137. The highest BCUT2D eigenvalue weighted by Gasteiger charge is 2.31. The second kappa shape index (κ2) is 10.9. The number of aryl methyl sites for hydroxylation is 2. The van der Waals surface area contributed by atoms with Gasteiger partial charge in [-0.05, 0) is 80.1 Å². The Labute approximate surface area is 219 Å². The SMILES string of the molecule is Cc1cn(-c2cc(NC(=O)c3ccc(C)c(C#Cc4ccc(CC(C)C)nn4)c3)cc(C(F)(F)F)c2)cn1. The minimum atomic E-state index is -4.59. The van der Waals surface area contributed by atoms with E-state index in [0.717, 1.165) is 29.8 Å². The van der Waals surface area contributed by atoms with E-state index in [9.17, 15) is 18.0 Å². The number of aromatic nitrogens is 4. The number of alkyl halides is 3. The summed E-state index contributed by atoms with van der Waals surface area (Å²) in [5.74, 6) is 5.89. The molecule has 0 fully saturated rings. The summed E-state index contributed by atoms with van der Waals surface area (Å²) in [7, 11) is 0. The van der Waals surface area contributed by atoms with Crippen molar-refractivity contribution in [3.63, 3.8) is 0 Å². The van der Waals surface area contributed by atoms with Crippen LogP contribution in [-0.4, -0.2) is 25.7 Å². The fourth-order valence-corrected chi connectivity index (χ4v) is 3.74. The van der Waals surface area contributed by atoms with Crippen LogP contribution < -0.4 is 5.32 Å². The third-order valence-electron chi connectivity index (χ3n) is 5.67. The summed E-state index contributed by atoms with van der Waals surface area (Å²) >= 11 is 0. The molecule has 0 bridgehead atoms. The van der Waals surface area contributed by atoms with Crippen LogP contribution in [0.2, 0.25) is 0 Å². The molecule has 2 aromatic heterocycles. The number of carbonyl (C=O) groups excluding carboxylic acids is 1. The second-order valence-corrected chi connectivity index (χ2v) is 9.43. The van der Waals surface area contributed by atoms with E-state index in [1.165, 1.54) is 17.0 Å². The molecule has 0 aliphatic carbocycles. The molecule has 0 radical (unpaired) electrons. The highest BCUT2D eigenvalue weighted by atomic mass is 19.4. The zero-order valence-corrected chi connectivity index (χ0v) is 21.4. The topological polar surface area (TPSA) is 72.7 Å². The van der Waals surface area contributed by atoms with Crippen LogP contribution in [-0.2, 0) is 12.6 Å². The number of nitrogens with one attached hydrogen (secondary N) is 1. The maximum atomic E-state index is 13.6. The van der Waals surface area contributed by atoms with E-state index in [4.69, 9.17) is 0 Å². The molecule has 0 saturated heterocycles. The molecule has 194 valence electrons. The van der Waals surface area contributed by atoms with Crippen LogP contribution in [0, 0.1) is 31.6 Å². The van der Waals surface area contributed by atoms with Gasteiger partial charge < -0.3 is 9.88 Å². The standard InChI is InChI=1S/C29H26F3N5O/c1-18(2)11-25-10-9-24(35-36-25)8-7-21-12-22(6-5-19(21)3)28(38)34-26-13-23(29(30,31)32)14-27(15-26)37-16-20(4)33-17-37/h5-6,9-10,12-18H,11H2,1-4H3,(H,34,38). The highest BCUT2D eigenvalue weighted by Crippen LogP contribution is 2.33. The number of halogens is 3. The molecule has 4 rings (SSSR count). The molecule has 0 aliphatic heterocycles. The zero-order valence-electron chi connectivity index (χ0n) is 21.4. The minimum Gasteiger partial charge on any atom is -0.322 e. The van der Waals surface area contributed by atoms with E-state index in [-0.39, 0.29) is 16.9 Å². The lowest BCUT2D eigenvalue weighted by Crippen LogP contribution is -2.14. The molecule has 38 heavy (non-hydrogen) atoms. The summed E-state index contributed by atoms with van der Waals surface area (Å²) in [6, 6.07) is 12.0. The Morgan fingerprint density at radius 1 is 1.03 bits per heavy atom. The fourth-order valence-electron chi connectivity index (χ4n) is 3.74. The highest BCUT2D eigenvalue weighted by molar-refractivity contribution is 6.04. The molecule has 6 nitrogen and oxygen atoms in total. The van der Waals surface area contributed by atoms with Crippen molar-refractivity contribution in [1.82, 2.24) is 19.7 Å². The lowest BCUT2D eigenvalue weighted by atomic mass is 10.0. The van der Waals surface area contributed by atoms with Gasteiger partial charge in [0, 0.05) is 28.7 Å². The molecule has 2 aromatic carbocycles. The van der Waals surface area contributed by atoms with E-state index in [1.807, 2.05) is 13.0 Å². The molecule has 0 atom stereocenters. The van der Waals surface area contributed by atoms with Gasteiger partial charge in [0.1, 0.15) is 5.69 Å². The summed E-state index contributed by atoms with van der Waals surface area (Å²) in [5, 5.41) is 10.9. The average molecular weight is 518 g/mol. The molecule has 0 unspecified atom stereocenters. The Morgan fingerprint density at radius 2 is 1.82 bits per heavy atom. The van der Waals surface area contributed by atoms with Crippen molar-refractivity contribution in [2.24, 2.45) is 5.92 Å². The van der Waals surface area contributed by atoms with E-state index in [1.54, 1.807) is 37.4 Å². The van der Waals surface area contributed by atoms with Gasteiger partial charge in [-0.15, -0.1) is 5.10 Å². The van der Waals surface area contributed by atoms with Crippen molar-refractivity contribution in [1.29, 1.82) is 0 Å². The van der Waals surface area contributed by atoms with Crippen LogP contribution in [0.1, 0.15) is 58.0 Å². The first-order valence-corrected chi connectivity index (χ1v) is 12.0. The van der Waals surface area contributed by atoms with Gasteiger partial charge in [0.2, 0.25) is 0 Å². The number of rotatable bonds is 5. The van der Waals surface area contributed by atoms with Crippen LogP contribution in [0.4, 0.5) is 18.9 Å². The normalized spacial score (nSPS) is 11.3. The number of anilines is 1. The van der Waals surface area contributed by atoms with Gasteiger partial charge in [0.25, 0.3) is 5.91 Å². The maximum Gasteiger partial charge on any atom is 0.416 e. The molecule has 4 aromatic rings. The van der Waals surface area contributed by atoms with Gasteiger partial charge in [-0.25, -0.2) is 4.98 Å². The van der Waals surface area contributed by atoms with Crippen molar-refractivity contribution in [2.45, 2.75) is 40.3 Å². The number of carbonyl (C=O) groups is 1. The minimum absolute atomic E-state index is 0.0103. The third kappa shape index (κ3) is 6.65. The largest absolute Gasteiger partial charge is 0.416 e. The Bertz CT molecular complexity index is 1530. The van der Waals surface area contributed by atoms with Crippen molar-refractivity contribution in [2.75, 3.05) is 5.32 Å². The number of amides is 1. The third-order valence-corrected chi connectivity index (χ3v) is 5.67. The van der Waals surface area contributed by atoms with Crippen molar-refractivity contribution < 1.29 is 18.0 Å². The molecule has 1 amide bonds. The van der Waals surface area contributed by atoms with Gasteiger partial charge in [0.05, 0.1) is 23.3 Å². The van der Waals surface area contributed by atoms with E-state index >= 15 is 0 Å². The summed E-state index contributed by atoms with van der Waals surface area (Å²) in [6.07, 6.45) is -0.738. The summed E-state index contributed by atoms with van der Waals surface area (Å²) in [4.78, 5) is 17.1. The van der Waals surface area contributed by atoms with Gasteiger partial charge >= 0.3 is 6.18 Å². The van der Waals surface area contributed by atoms with Crippen LogP contribution >= 0.6 is 0 Å². The Hall–Kier alpha value is -4.45. The quantitative estimate of drug-likeness (QED) is 0.323. The predicted octanol–water partition coefficient (Wildman–Crippen LogP) is 6.15. The molecule has 2 heterocycles. The molecule has 0 saturated carbocycles. The van der Waals surface area contributed by atoms with E-state index < -0.39 is 17.6 Å².